The maximum atomic E-state index is 12.8. The minimum absolute atomic E-state index is 0.000342. The standard InChI is InChI=1S/C17H16BrN3O3S/c1-21-3-2-8-13(6-21)25-17-14(8)16(22)19-15(20-17)9-4-11-12(5-10(9)18)24-7-23-11/h4-5,15,20H,2-3,6-7H2,1H3,(H,19,22)/p+1/t15-/m1/s1. The first-order chi connectivity index (χ1) is 12.1. The van der Waals surface area contributed by atoms with Crippen LogP contribution in [-0.2, 0) is 13.0 Å². The predicted molar refractivity (Wildman–Crippen MR) is 97.6 cm³/mol. The topological polar surface area (TPSA) is 64.0 Å². The number of ether oxygens (including phenoxy) is 2. The molecule has 0 radical (unpaired) electrons. The van der Waals surface area contributed by atoms with Crippen LogP contribution >= 0.6 is 27.3 Å². The van der Waals surface area contributed by atoms with Gasteiger partial charge in [-0.1, -0.05) is 15.9 Å². The van der Waals surface area contributed by atoms with Crippen LogP contribution in [0.5, 0.6) is 11.5 Å². The van der Waals surface area contributed by atoms with Crippen molar-refractivity contribution in [2.45, 2.75) is 19.1 Å². The Balaban J connectivity index is 1.52. The Morgan fingerprint density at radius 1 is 1.28 bits per heavy atom. The van der Waals surface area contributed by atoms with Crippen LogP contribution in [0.2, 0.25) is 0 Å². The van der Waals surface area contributed by atoms with E-state index in [0.717, 1.165) is 45.9 Å². The number of benzene rings is 1. The van der Waals surface area contributed by atoms with Crippen LogP contribution in [0.25, 0.3) is 0 Å². The summed E-state index contributed by atoms with van der Waals surface area (Å²) in [4.78, 5) is 15.6. The van der Waals surface area contributed by atoms with Crippen LogP contribution in [0.1, 0.15) is 32.5 Å². The molecule has 2 aromatic rings. The van der Waals surface area contributed by atoms with Crippen molar-refractivity contribution >= 4 is 38.2 Å². The van der Waals surface area contributed by atoms with Gasteiger partial charge in [-0.15, -0.1) is 11.3 Å². The summed E-state index contributed by atoms with van der Waals surface area (Å²) in [6, 6.07) is 3.81. The summed E-state index contributed by atoms with van der Waals surface area (Å²) in [6.07, 6.45) is 0.662. The Morgan fingerprint density at radius 3 is 2.92 bits per heavy atom. The molecule has 25 heavy (non-hydrogen) atoms. The van der Waals surface area contributed by atoms with E-state index in [9.17, 15) is 4.79 Å². The van der Waals surface area contributed by atoms with Crippen molar-refractivity contribution in [2.24, 2.45) is 0 Å². The molecular formula is C17H17BrN3O3S+. The molecule has 0 bridgehead atoms. The lowest BCUT2D eigenvalue weighted by Gasteiger charge is -2.27. The van der Waals surface area contributed by atoms with Gasteiger partial charge in [0, 0.05) is 16.5 Å². The fourth-order valence-electron chi connectivity index (χ4n) is 3.64. The lowest BCUT2D eigenvalue weighted by Crippen LogP contribution is -3.08. The van der Waals surface area contributed by atoms with Crippen molar-refractivity contribution in [3.05, 3.63) is 38.2 Å². The number of quaternary nitrogens is 1. The number of halogens is 1. The normalized spacial score (nSPS) is 23.5. The van der Waals surface area contributed by atoms with Crippen molar-refractivity contribution in [3.8, 4) is 11.5 Å². The van der Waals surface area contributed by atoms with E-state index >= 15 is 0 Å². The van der Waals surface area contributed by atoms with Gasteiger partial charge in [0.05, 0.1) is 24.0 Å². The summed E-state index contributed by atoms with van der Waals surface area (Å²) in [5.74, 6) is 1.42. The van der Waals surface area contributed by atoms with Gasteiger partial charge in [0.1, 0.15) is 17.7 Å². The number of fused-ring (bicyclic) bond motifs is 4. The highest BCUT2D eigenvalue weighted by Gasteiger charge is 2.35. The molecule has 2 atom stereocenters. The maximum absolute atomic E-state index is 12.8. The molecular weight excluding hydrogens is 406 g/mol. The minimum atomic E-state index is -0.297. The molecule has 3 N–H and O–H groups in total. The van der Waals surface area contributed by atoms with E-state index in [4.69, 9.17) is 9.47 Å². The van der Waals surface area contributed by atoms with Crippen molar-refractivity contribution in [1.29, 1.82) is 0 Å². The second-order valence-corrected chi connectivity index (χ2v) is 8.58. The molecule has 0 spiro atoms. The second kappa shape index (κ2) is 5.62. The fraction of sp³-hybridized carbons (Fsp3) is 0.353. The molecule has 1 aromatic carbocycles. The van der Waals surface area contributed by atoms with E-state index in [1.54, 1.807) is 11.3 Å². The number of likely N-dealkylation sites (N-methyl/N-ethyl adjacent to an activating group) is 1. The van der Waals surface area contributed by atoms with Gasteiger partial charge in [-0.05, 0) is 17.7 Å². The van der Waals surface area contributed by atoms with Crippen molar-refractivity contribution in [2.75, 3.05) is 25.7 Å². The SMILES string of the molecule is C[NH+]1CCc2c(sc3c2C(=O)N[C@@H](c2cc4c(cc2Br)OCO4)N3)C1. The molecule has 5 rings (SSSR count). The van der Waals surface area contributed by atoms with Gasteiger partial charge in [-0.25, -0.2) is 0 Å². The smallest absolute Gasteiger partial charge is 0.256 e. The zero-order valence-electron chi connectivity index (χ0n) is 13.6. The molecule has 6 nitrogen and oxygen atoms in total. The third-order valence-electron chi connectivity index (χ3n) is 4.94. The van der Waals surface area contributed by atoms with E-state index in [1.807, 2.05) is 12.1 Å². The summed E-state index contributed by atoms with van der Waals surface area (Å²) in [6.45, 7) is 2.29. The quantitative estimate of drug-likeness (QED) is 0.653. The van der Waals surface area contributed by atoms with Gasteiger partial charge in [-0.2, -0.15) is 0 Å². The lowest BCUT2D eigenvalue weighted by atomic mass is 10.0. The Kier molecular flexibility index (Phi) is 3.48. The van der Waals surface area contributed by atoms with Crippen LogP contribution in [0, 0.1) is 0 Å². The van der Waals surface area contributed by atoms with Crippen LogP contribution < -0.4 is 25.0 Å². The molecule has 3 aliphatic heterocycles. The predicted octanol–water partition coefficient (Wildman–Crippen LogP) is 1.66. The number of anilines is 1. The Morgan fingerprint density at radius 2 is 2.08 bits per heavy atom. The number of carbonyl (C=O) groups excluding carboxylic acids is 1. The number of hydrogen-bond donors (Lipinski definition) is 3. The molecule has 1 amide bonds. The van der Waals surface area contributed by atoms with E-state index in [-0.39, 0.29) is 18.9 Å². The Hall–Kier alpha value is -1.77. The zero-order chi connectivity index (χ0) is 17.1. The van der Waals surface area contributed by atoms with Gasteiger partial charge >= 0.3 is 0 Å². The maximum Gasteiger partial charge on any atom is 0.256 e. The Labute approximate surface area is 157 Å². The molecule has 0 aliphatic carbocycles. The average Bonchev–Trinajstić information content (AvgIpc) is 3.16. The number of amides is 1. The lowest BCUT2D eigenvalue weighted by molar-refractivity contribution is -0.895. The zero-order valence-corrected chi connectivity index (χ0v) is 16.0. The summed E-state index contributed by atoms with van der Waals surface area (Å²) in [5.41, 5.74) is 2.98. The first-order valence-corrected chi connectivity index (χ1v) is 9.83. The van der Waals surface area contributed by atoms with E-state index < -0.39 is 0 Å². The summed E-state index contributed by atoms with van der Waals surface area (Å²) in [5, 5.41) is 7.56. The summed E-state index contributed by atoms with van der Waals surface area (Å²) >= 11 is 5.29. The third-order valence-corrected chi connectivity index (χ3v) is 6.79. The van der Waals surface area contributed by atoms with Crippen LogP contribution in [0.4, 0.5) is 5.00 Å². The van der Waals surface area contributed by atoms with Crippen LogP contribution in [0.3, 0.4) is 0 Å². The van der Waals surface area contributed by atoms with E-state index in [2.05, 4.69) is 33.6 Å². The first-order valence-electron chi connectivity index (χ1n) is 8.22. The van der Waals surface area contributed by atoms with Gasteiger partial charge in [0.15, 0.2) is 11.5 Å². The number of carbonyl (C=O) groups is 1. The highest BCUT2D eigenvalue weighted by molar-refractivity contribution is 9.10. The number of hydrogen-bond acceptors (Lipinski definition) is 5. The van der Waals surface area contributed by atoms with Gasteiger partial charge in [-0.3, -0.25) is 4.79 Å². The van der Waals surface area contributed by atoms with Crippen molar-refractivity contribution < 1.29 is 19.2 Å². The highest BCUT2D eigenvalue weighted by atomic mass is 79.9. The Bertz CT molecular complexity index is 898. The molecule has 1 aromatic heterocycles. The molecule has 0 saturated heterocycles. The molecule has 4 heterocycles. The third kappa shape index (κ3) is 2.43. The average molecular weight is 423 g/mol. The molecule has 3 aliphatic rings. The number of nitrogens with one attached hydrogen (secondary N) is 3. The summed E-state index contributed by atoms with van der Waals surface area (Å²) < 4.78 is 11.8. The minimum Gasteiger partial charge on any atom is -0.454 e. The number of thiophene rings is 1. The molecule has 130 valence electrons. The molecule has 1 unspecified atom stereocenters. The highest BCUT2D eigenvalue weighted by Crippen LogP contribution is 2.43. The summed E-state index contributed by atoms with van der Waals surface area (Å²) in [7, 11) is 2.20. The number of rotatable bonds is 1. The van der Waals surface area contributed by atoms with Gasteiger partial charge in [0.2, 0.25) is 6.79 Å². The molecule has 0 saturated carbocycles. The molecule has 8 heteroatoms. The van der Waals surface area contributed by atoms with Gasteiger partial charge in [0.25, 0.3) is 5.91 Å². The van der Waals surface area contributed by atoms with Crippen molar-refractivity contribution in [1.82, 2.24) is 5.32 Å². The molecule has 0 fully saturated rings. The monoisotopic (exact) mass is 422 g/mol. The van der Waals surface area contributed by atoms with Crippen molar-refractivity contribution in [3.63, 3.8) is 0 Å². The first kappa shape index (κ1) is 15.5. The van der Waals surface area contributed by atoms with E-state index in [1.165, 1.54) is 15.3 Å². The van der Waals surface area contributed by atoms with Crippen LogP contribution in [0.15, 0.2) is 16.6 Å². The largest absolute Gasteiger partial charge is 0.454 e. The van der Waals surface area contributed by atoms with E-state index in [0.29, 0.717) is 5.75 Å². The van der Waals surface area contributed by atoms with Gasteiger partial charge < -0.3 is 25.0 Å². The van der Waals surface area contributed by atoms with Crippen LogP contribution in [-0.4, -0.2) is 26.3 Å². The second-order valence-electron chi connectivity index (χ2n) is 6.62. The fourth-order valence-corrected chi connectivity index (χ4v) is 5.58.